The van der Waals surface area contributed by atoms with Crippen LogP contribution in [0.2, 0.25) is 0 Å². The predicted octanol–water partition coefficient (Wildman–Crippen LogP) is 3.21. The fourth-order valence-electron chi connectivity index (χ4n) is 2.45. The number of amides is 2. The van der Waals surface area contributed by atoms with Gasteiger partial charge in [0.25, 0.3) is 5.91 Å². The quantitative estimate of drug-likeness (QED) is 0.682. The predicted molar refractivity (Wildman–Crippen MR) is 106 cm³/mol. The van der Waals surface area contributed by atoms with Crippen molar-refractivity contribution in [2.75, 3.05) is 24.4 Å². The van der Waals surface area contributed by atoms with Crippen molar-refractivity contribution in [3.05, 3.63) is 53.6 Å². The molecule has 2 rings (SSSR count). The minimum atomic E-state index is -0.619. The van der Waals surface area contributed by atoms with E-state index in [1.165, 1.54) is 7.11 Å². The largest absolute Gasteiger partial charge is 0.495 e. The molecule has 0 bridgehead atoms. The molecular formula is C21H24N2O5. The lowest BCUT2D eigenvalue weighted by Crippen LogP contribution is -2.22. The van der Waals surface area contributed by atoms with Gasteiger partial charge in [0.2, 0.25) is 5.91 Å². The smallest absolute Gasteiger partial charge is 0.306 e. The number of nitrogens with one attached hydrogen (secondary N) is 2. The molecule has 0 aliphatic heterocycles. The number of anilines is 2. The van der Waals surface area contributed by atoms with E-state index >= 15 is 0 Å². The average Bonchev–Trinajstić information content (AvgIpc) is 2.68. The van der Waals surface area contributed by atoms with Crippen molar-refractivity contribution >= 4 is 29.2 Å². The molecule has 0 radical (unpaired) electrons. The summed E-state index contributed by atoms with van der Waals surface area (Å²) in [5, 5.41) is 5.38. The molecule has 0 saturated carbocycles. The van der Waals surface area contributed by atoms with Crippen LogP contribution in [0.25, 0.3) is 0 Å². The van der Waals surface area contributed by atoms with Crippen LogP contribution in [-0.2, 0) is 19.1 Å². The SMILES string of the molecule is COc1ccccc1NC(=O)COC(=O)CCC(=O)Nc1cc(C)ccc1C. The monoisotopic (exact) mass is 384 g/mol. The third kappa shape index (κ3) is 6.42. The van der Waals surface area contributed by atoms with Crippen LogP contribution in [0.3, 0.4) is 0 Å². The highest BCUT2D eigenvalue weighted by Gasteiger charge is 2.12. The number of methoxy groups -OCH3 is 1. The van der Waals surface area contributed by atoms with Crippen molar-refractivity contribution < 1.29 is 23.9 Å². The average molecular weight is 384 g/mol. The molecule has 7 nitrogen and oxygen atoms in total. The van der Waals surface area contributed by atoms with Crippen molar-refractivity contribution in [1.82, 2.24) is 0 Å². The summed E-state index contributed by atoms with van der Waals surface area (Å²) < 4.78 is 10.1. The maximum atomic E-state index is 12.0. The van der Waals surface area contributed by atoms with Crippen molar-refractivity contribution in [2.24, 2.45) is 0 Å². The van der Waals surface area contributed by atoms with E-state index in [0.29, 0.717) is 11.4 Å². The first-order chi connectivity index (χ1) is 13.4. The standard InChI is InChI=1S/C21H24N2O5/c1-14-8-9-15(2)17(12-14)23-19(24)10-11-21(26)28-13-20(25)22-16-6-4-5-7-18(16)27-3/h4-9,12H,10-11,13H2,1-3H3,(H,22,25)(H,23,24). The molecule has 148 valence electrons. The third-order valence-corrected chi connectivity index (χ3v) is 3.97. The molecule has 0 saturated heterocycles. The lowest BCUT2D eigenvalue weighted by molar-refractivity contribution is -0.147. The van der Waals surface area contributed by atoms with Crippen LogP contribution in [0.15, 0.2) is 42.5 Å². The topological polar surface area (TPSA) is 93.7 Å². The molecule has 0 spiro atoms. The second kappa shape index (κ2) is 10.1. The Hall–Kier alpha value is -3.35. The number of hydrogen-bond donors (Lipinski definition) is 2. The van der Waals surface area contributed by atoms with Gasteiger partial charge in [-0.3, -0.25) is 14.4 Å². The number of carbonyl (C=O) groups excluding carboxylic acids is 3. The second-order valence-electron chi connectivity index (χ2n) is 6.28. The fraction of sp³-hybridized carbons (Fsp3) is 0.286. The van der Waals surface area contributed by atoms with E-state index in [1.54, 1.807) is 24.3 Å². The van der Waals surface area contributed by atoms with E-state index in [9.17, 15) is 14.4 Å². The number of aryl methyl sites for hydroxylation is 2. The molecule has 28 heavy (non-hydrogen) atoms. The lowest BCUT2D eigenvalue weighted by atomic mass is 10.1. The second-order valence-corrected chi connectivity index (χ2v) is 6.28. The van der Waals surface area contributed by atoms with Crippen LogP contribution in [0.4, 0.5) is 11.4 Å². The first-order valence-corrected chi connectivity index (χ1v) is 8.84. The summed E-state index contributed by atoms with van der Waals surface area (Å²) in [5.74, 6) is -0.890. The molecule has 2 amide bonds. The summed E-state index contributed by atoms with van der Waals surface area (Å²) in [6.45, 7) is 3.39. The Bertz CT molecular complexity index is 864. The van der Waals surface area contributed by atoms with Crippen LogP contribution in [0.5, 0.6) is 5.75 Å². The summed E-state index contributed by atoms with van der Waals surface area (Å²) >= 11 is 0. The number of carbonyl (C=O) groups is 3. The van der Waals surface area contributed by atoms with Crippen LogP contribution >= 0.6 is 0 Å². The van der Waals surface area contributed by atoms with E-state index in [0.717, 1.165) is 16.8 Å². The van der Waals surface area contributed by atoms with Gasteiger partial charge in [-0.15, -0.1) is 0 Å². The van der Waals surface area contributed by atoms with Crippen molar-refractivity contribution in [3.8, 4) is 5.75 Å². The Morgan fingerprint density at radius 3 is 2.36 bits per heavy atom. The van der Waals surface area contributed by atoms with E-state index < -0.39 is 18.5 Å². The highest BCUT2D eigenvalue weighted by atomic mass is 16.5. The molecule has 2 aromatic rings. The van der Waals surface area contributed by atoms with Gasteiger partial charge in [0, 0.05) is 12.1 Å². The Labute approximate surface area is 164 Å². The number of benzene rings is 2. The Kier molecular flexibility index (Phi) is 7.56. The van der Waals surface area contributed by atoms with Gasteiger partial charge in [-0.05, 0) is 43.2 Å². The van der Waals surface area contributed by atoms with E-state index in [-0.39, 0.29) is 18.7 Å². The molecule has 0 aliphatic carbocycles. The molecule has 0 unspecified atom stereocenters. The number of esters is 1. The van der Waals surface area contributed by atoms with Crippen LogP contribution < -0.4 is 15.4 Å². The van der Waals surface area contributed by atoms with Crippen molar-refractivity contribution in [3.63, 3.8) is 0 Å². The number of rotatable bonds is 8. The van der Waals surface area contributed by atoms with Crippen LogP contribution in [-0.4, -0.2) is 31.5 Å². The Balaban J connectivity index is 1.74. The lowest BCUT2D eigenvalue weighted by Gasteiger charge is -2.10. The van der Waals surface area contributed by atoms with Crippen molar-refractivity contribution in [2.45, 2.75) is 26.7 Å². The molecule has 0 aromatic heterocycles. The molecule has 0 heterocycles. The molecule has 2 N–H and O–H groups in total. The van der Waals surface area contributed by atoms with Gasteiger partial charge in [0.05, 0.1) is 19.2 Å². The van der Waals surface area contributed by atoms with Gasteiger partial charge in [0.1, 0.15) is 5.75 Å². The van der Waals surface area contributed by atoms with E-state index in [1.807, 2.05) is 32.0 Å². The first-order valence-electron chi connectivity index (χ1n) is 8.84. The fourth-order valence-corrected chi connectivity index (χ4v) is 2.45. The zero-order chi connectivity index (χ0) is 20.5. The number of ether oxygens (including phenoxy) is 2. The van der Waals surface area contributed by atoms with Gasteiger partial charge in [0.15, 0.2) is 6.61 Å². The molecule has 0 aliphatic rings. The van der Waals surface area contributed by atoms with Crippen LogP contribution in [0.1, 0.15) is 24.0 Å². The van der Waals surface area contributed by atoms with E-state index in [2.05, 4.69) is 10.6 Å². The van der Waals surface area contributed by atoms with Gasteiger partial charge in [-0.2, -0.15) is 0 Å². The summed E-state index contributed by atoms with van der Waals surface area (Å²) in [6, 6.07) is 12.6. The van der Waals surface area contributed by atoms with Gasteiger partial charge >= 0.3 is 5.97 Å². The van der Waals surface area contributed by atoms with Crippen molar-refractivity contribution in [1.29, 1.82) is 0 Å². The molecule has 0 atom stereocenters. The number of para-hydroxylation sites is 2. The Morgan fingerprint density at radius 2 is 1.61 bits per heavy atom. The summed E-state index contributed by atoms with van der Waals surface area (Å²) in [6.07, 6.45) is -0.140. The summed E-state index contributed by atoms with van der Waals surface area (Å²) in [4.78, 5) is 35.7. The molecule has 0 fully saturated rings. The van der Waals surface area contributed by atoms with Gasteiger partial charge in [-0.25, -0.2) is 0 Å². The highest BCUT2D eigenvalue weighted by molar-refractivity contribution is 5.95. The molecule has 7 heteroatoms. The first kappa shape index (κ1) is 21.0. The minimum Gasteiger partial charge on any atom is -0.495 e. The maximum absolute atomic E-state index is 12.0. The van der Waals surface area contributed by atoms with Crippen LogP contribution in [0, 0.1) is 13.8 Å². The molecule has 2 aromatic carbocycles. The zero-order valence-corrected chi connectivity index (χ0v) is 16.2. The van der Waals surface area contributed by atoms with Gasteiger partial charge in [-0.1, -0.05) is 24.3 Å². The summed E-state index contributed by atoms with van der Waals surface area (Å²) in [5.41, 5.74) is 3.17. The highest BCUT2D eigenvalue weighted by Crippen LogP contribution is 2.22. The Morgan fingerprint density at radius 1 is 0.893 bits per heavy atom. The third-order valence-electron chi connectivity index (χ3n) is 3.97. The maximum Gasteiger partial charge on any atom is 0.306 e. The molecular weight excluding hydrogens is 360 g/mol. The number of hydrogen-bond acceptors (Lipinski definition) is 5. The minimum absolute atomic E-state index is 0.0274. The normalized spacial score (nSPS) is 10.1. The zero-order valence-electron chi connectivity index (χ0n) is 16.2. The van der Waals surface area contributed by atoms with E-state index in [4.69, 9.17) is 9.47 Å². The van der Waals surface area contributed by atoms with Gasteiger partial charge < -0.3 is 20.1 Å². The summed E-state index contributed by atoms with van der Waals surface area (Å²) in [7, 11) is 1.49.